The van der Waals surface area contributed by atoms with Crippen LogP contribution in [-0.2, 0) is 14.1 Å². The number of nitrogens with zero attached hydrogens (tertiary/aromatic N) is 6. The number of aromatic nitrogens is 6. The Kier molecular flexibility index (Phi) is 10.8. The molecule has 0 aliphatic heterocycles. The molecular formula is C18H18I2N6S4. The highest BCUT2D eigenvalue weighted by Gasteiger charge is 2.16. The zero-order chi connectivity index (χ0) is 19.3. The third kappa shape index (κ3) is 6.54. The van der Waals surface area contributed by atoms with E-state index in [1.807, 2.05) is 47.8 Å². The van der Waals surface area contributed by atoms with Gasteiger partial charge in [-0.3, -0.25) is 0 Å². The highest BCUT2D eigenvalue weighted by molar-refractivity contribution is 8.03. The Morgan fingerprint density at radius 3 is 1.57 bits per heavy atom. The fourth-order valence-electron chi connectivity index (χ4n) is 2.64. The Hall–Kier alpha value is -0.420. The lowest BCUT2D eigenvalue weighted by Crippen LogP contribution is -3.00. The third-order valence-electron chi connectivity index (χ3n) is 3.90. The van der Waals surface area contributed by atoms with Crippen molar-refractivity contribution in [1.82, 2.24) is 17.5 Å². The molecule has 0 radical (unpaired) electrons. The van der Waals surface area contributed by atoms with E-state index >= 15 is 0 Å². The molecule has 0 fully saturated rings. The Morgan fingerprint density at radius 2 is 1.17 bits per heavy atom. The fourth-order valence-corrected chi connectivity index (χ4v) is 5.98. The lowest BCUT2D eigenvalue weighted by Gasteiger charge is -2.02. The van der Waals surface area contributed by atoms with E-state index in [0.29, 0.717) is 0 Å². The summed E-state index contributed by atoms with van der Waals surface area (Å²) in [5.74, 6) is 1.86. The van der Waals surface area contributed by atoms with E-state index in [1.165, 1.54) is 23.5 Å². The molecule has 0 bridgehead atoms. The topological polar surface area (TPSA) is 59.3 Å². The van der Waals surface area contributed by atoms with Crippen molar-refractivity contribution >= 4 is 47.0 Å². The van der Waals surface area contributed by atoms with Gasteiger partial charge < -0.3 is 48.0 Å². The summed E-state index contributed by atoms with van der Waals surface area (Å²) in [6.45, 7) is 0. The lowest BCUT2D eigenvalue weighted by molar-refractivity contribution is -0.671. The van der Waals surface area contributed by atoms with Crippen LogP contribution < -0.4 is 57.1 Å². The maximum atomic E-state index is 4.48. The highest BCUT2D eigenvalue weighted by atomic mass is 127. The first-order valence-corrected chi connectivity index (χ1v) is 12.0. The molecular weight excluding hydrogens is 682 g/mol. The molecule has 0 aliphatic carbocycles. The van der Waals surface area contributed by atoms with Crippen LogP contribution >= 0.6 is 47.0 Å². The summed E-state index contributed by atoms with van der Waals surface area (Å²) in [6, 6.07) is 8.20. The summed E-state index contributed by atoms with van der Waals surface area (Å²) in [6.07, 6.45) is 8.17. The van der Waals surface area contributed by atoms with Gasteiger partial charge in [0.05, 0.1) is 34.6 Å². The van der Waals surface area contributed by atoms with Gasteiger partial charge in [-0.15, -0.1) is 23.5 Å². The molecule has 0 unspecified atom stereocenters. The molecule has 0 spiro atoms. The maximum absolute atomic E-state index is 4.48. The van der Waals surface area contributed by atoms with E-state index < -0.39 is 0 Å². The Morgan fingerprint density at radius 1 is 0.733 bits per heavy atom. The third-order valence-corrected chi connectivity index (χ3v) is 7.38. The van der Waals surface area contributed by atoms with Gasteiger partial charge in [0.1, 0.15) is 35.5 Å². The highest BCUT2D eigenvalue weighted by Crippen LogP contribution is 2.32. The molecule has 4 rings (SSSR count). The van der Waals surface area contributed by atoms with Crippen LogP contribution in [0.25, 0.3) is 22.5 Å². The number of aryl methyl sites for hydroxylation is 2. The number of hydrogen-bond donors (Lipinski definition) is 0. The molecule has 0 atom stereocenters. The van der Waals surface area contributed by atoms with Crippen LogP contribution in [0.15, 0.2) is 59.1 Å². The van der Waals surface area contributed by atoms with Gasteiger partial charge in [0.25, 0.3) is 0 Å². The largest absolute Gasteiger partial charge is 1.00 e. The van der Waals surface area contributed by atoms with Gasteiger partial charge in [-0.25, -0.2) is 9.13 Å². The molecule has 0 saturated carbocycles. The van der Waals surface area contributed by atoms with Crippen molar-refractivity contribution in [1.29, 1.82) is 0 Å². The second-order valence-electron chi connectivity index (χ2n) is 6.05. The Bertz CT molecular complexity index is 1000. The van der Waals surface area contributed by atoms with Gasteiger partial charge in [0.2, 0.25) is 0 Å². The van der Waals surface area contributed by atoms with E-state index in [-0.39, 0.29) is 48.0 Å². The predicted octanol–water partition coefficient (Wildman–Crippen LogP) is -2.73. The molecule has 4 aromatic heterocycles. The van der Waals surface area contributed by atoms with Crippen LogP contribution in [0.1, 0.15) is 0 Å². The maximum Gasteiger partial charge on any atom is 0.178 e. The average Bonchev–Trinajstić information content (AvgIpc) is 3.35. The molecule has 12 heteroatoms. The summed E-state index contributed by atoms with van der Waals surface area (Å²) >= 11 is 6.00. The molecule has 4 heterocycles. The van der Waals surface area contributed by atoms with Crippen LogP contribution in [0.2, 0.25) is 0 Å². The minimum atomic E-state index is 0. The number of hydrogen-bond acceptors (Lipinski definition) is 8. The second kappa shape index (κ2) is 12.6. The number of thioether (sulfide) groups is 2. The van der Waals surface area contributed by atoms with Crippen molar-refractivity contribution < 1.29 is 57.1 Å². The van der Waals surface area contributed by atoms with Crippen molar-refractivity contribution in [2.24, 2.45) is 14.1 Å². The van der Waals surface area contributed by atoms with E-state index in [9.17, 15) is 0 Å². The normalized spacial score (nSPS) is 10.3. The van der Waals surface area contributed by atoms with Gasteiger partial charge in [-0.1, -0.05) is 0 Å². The summed E-state index contributed by atoms with van der Waals surface area (Å²) in [5, 5.41) is 1.98. The second-order valence-corrected chi connectivity index (χ2v) is 9.27. The number of rotatable bonds is 7. The van der Waals surface area contributed by atoms with Gasteiger partial charge in [0, 0.05) is 23.6 Å². The number of pyridine rings is 2. The smallest absolute Gasteiger partial charge is 0.178 e. The molecule has 4 aromatic rings. The van der Waals surface area contributed by atoms with Gasteiger partial charge in [0.15, 0.2) is 24.8 Å². The molecule has 6 nitrogen and oxygen atoms in total. The Balaban J connectivity index is 0.00000160. The minimum absolute atomic E-state index is 0. The monoisotopic (exact) mass is 700 g/mol. The van der Waals surface area contributed by atoms with E-state index in [4.69, 9.17) is 0 Å². The molecule has 30 heavy (non-hydrogen) atoms. The summed E-state index contributed by atoms with van der Waals surface area (Å²) in [4.78, 5) is 0. The molecule has 0 aromatic carbocycles. The van der Waals surface area contributed by atoms with Gasteiger partial charge >= 0.3 is 0 Å². The molecule has 158 valence electrons. The standard InChI is InChI=1S/C18H18N6S4.2HI/c1-23-7-3-5-13(11-23)15-17(21-27-19-15)25-9-10-26-18-16(20-28-22-18)14-6-4-8-24(2)12-14;;/h3-8,11-12H,9-10H2,1-2H3;2*1H/q+2;;/p-2. The van der Waals surface area contributed by atoms with E-state index in [2.05, 4.69) is 42.0 Å². The van der Waals surface area contributed by atoms with Crippen molar-refractivity contribution in [2.75, 3.05) is 11.5 Å². The van der Waals surface area contributed by atoms with Crippen molar-refractivity contribution in [3.63, 3.8) is 0 Å². The van der Waals surface area contributed by atoms with E-state index in [0.717, 1.165) is 44.1 Å². The summed E-state index contributed by atoms with van der Waals surface area (Å²) in [5.41, 5.74) is 4.11. The first kappa shape index (κ1) is 25.8. The zero-order valence-electron chi connectivity index (χ0n) is 16.1. The Labute approximate surface area is 226 Å². The van der Waals surface area contributed by atoms with Crippen molar-refractivity contribution in [3.05, 3.63) is 49.1 Å². The minimum Gasteiger partial charge on any atom is -1.00 e. The molecule has 0 aliphatic rings. The first-order valence-electron chi connectivity index (χ1n) is 8.53. The van der Waals surface area contributed by atoms with Crippen LogP contribution in [0, 0.1) is 0 Å². The van der Waals surface area contributed by atoms with Crippen LogP contribution in [0.4, 0.5) is 0 Å². The zero-order valence-corrected chi connectivity index (χ0v) is 23.7. The molecule has 0 N–H and O–H groups in total. The van der Waals surface area contributed by atoms with Gasteiger partial charge in [-0.05, 0) is 12.1 Å². The van der Waals surface area contributed by atoms with Crippen LogP contribution in [0.5, 0.6) is 0 Å². The van der Waals surface area contributed by atoms with E-state index in [1.54, 1.807) is 23.5 Å². The van der Waals surface area contributed by atoms with Crippen molar-refractivity contribution in [2.45, 2.75) is 10.1 Å². The molecule has 0 saturated heterocycles. The first-order chi connectivity index (χ1) is 13.7. The lowest BCUT2D eigenvalue weighted by atomic mass is 10.2. The van der Waals surface area contributed by atoms with Crippen LogP contribution in [-0.4, -0.2) is 29.0 Å². The summed E-state index contributed by atoms with van der Waals surface area (Å²) in [7, 11) is 4.03. The number of halogens is 2. The quantitative estimate of drug-likeness (QED) is 0.0905. The molecule has 0 amide bonds. The van der Waals surface area contributed by atoms with Crippen molar-refractivity contribution in [3.8, 4) is 22.5 Å². The predicted molar refractivity (Wildman–Crippen MR) is 114 cm³/mol. The van der Waals surface area contributed by atoms with Gasteiger partial charge in [-0.2, -0.15) is 17.5 Å². The SMILES string of the molecule is C[n+]1cccc(-c2nsnc2SCCSc2nsnc2-c2ccc[n+](C)c2)c1.[I-].[I-]. The fraction of sp³-hybridized carbons (Fsp3) is 0.222. The average molecular weight is 700 g/mol. The summed E-state index contributed by atoms with van der Waals surface area (Å²) < 4.78 is 22.0. The van der Waals surface area contributed by atoms with Crippen LogP contribution in [0.3, 0.4) is 0 Å².